The number of benzene rings is 1. The molecular formula is C16H19ClN4O. The number of rotatable bonds is 3. The summed E-state index contributed by atoms with van der Waals surface area (Å²) in [4.78, 5) is 18.4. The second kappa shape index (κ2) is 6.48. The van der Waals surface area contributed by atoms with Gasteiger partial charge in [-0.2, -0.15) is 5.10 Å². The van der Waals surface area contributed by atoms with Crippen LogP contribution < -0.4 is 0 Å². The molecule has 1 aliphatic heterocycles. The largest absolute Gasteiger partial charge is 0.339 e. The molecule has 116 valence electrons. The Kier molecular flexibility index (Phi) is 4.43. The lowest BCUT2D eigenvalue weighted by atomic mass is 9.96. The van der Waals surface area contributed by atoms with Crippen molar-refractivity contribution in [3.05, 3.63) is 47.0 Å². The highest BCUT2D eigenvalue weighted by molar-refractivity contribution is 6.31. The van der Waals surface area contributed by atoms with Crippen LogP contribution in [0.5, 0.6) is 0 Å². The number of nitrogens with zero attached hydrogens (tertiary/aromatic N) is 4. The number of likely N-dealkylation sites (tertiary alicyclic amines) is 1. The van der Waals surface area contributed by atoms with Gasteiger partial charge in [0.1, 0.15) is 12.7 Å². The molecule has 1 fully saturated rings. The van der Waals surface area contributed by atoms with Crippen LogP contribution >= 0.6 is 11.6 Å². The number of carbonyl (C=O) groups excluding carboxylic acids is 1. The number of amides is 1. The molecule has 1 amide bonds. The Morgan fingerprint density at radius 1 is 1.32 bits per heavy atom. The number of hydrogen-bond acceptors (Lipinski definition) is 3. The molecule has 1 aromatic heterocycles. The van der Waals surface area contributed by atoms with E-state index in [1.807, 2.05) is 28.6 Å². The third-order valence-electron chi connectivity index (χ3n) is 4.10. The summed E-state index contributed by atoms with van der Waals surface area (Å²) in [6, 6.07) is 5.51. The van der Waals surface area contributed by atoms with Gasteiger partial charge in [-0.05, 0) is 49.4 Å². The Morgan fingerprint density at radius 3 is 2.73 bits per heavy atom. The van der Waals surface area contributed by atoms with Crippen LogP contribution in [0, 0.1) is 12.8 Å². The molecule has 1 aliphatic rings. The zero-order valence-corrected chi connectivity index (χ0v) is 13.3. The number of halogens is 1. The Hall–Kier alpha value is -1.88. The first-order chi connectivity index (χ1) is 10.6. The smallest absolute Gasteiger partial charge is 0.253 e. The lowest BCUT2D eigenvalue weighted by molar-refractivity contribution is 0.0681. The van der Waals surface area contributed by atoms with Crippen molar-refractivity contribution in [3.8, 4) is 0 Å². The molecule has 5 nitrogen and oxygen atoms in total. The van der Waals surface area contributed by atoms with Gasteiger partial charge in [-0.3, -0.25) is 9.48 Å². The van der Waals surface area contributed by atoms with Crippen molar-refractivity contribution in [1.82, 2.24) is 19.7 Å². The SMILES string of the molecule is Cc1cc(Cl)cc(C(=O)N2CCC(Cn3cncn3)CC2)c1. The topological polar surface area (TPSA) is 51.0 Å². The second-order valence-corrected chi connectivity index (χ2v) is 6.31. The first-order valence-corrected chi connectivity index (χ1v) is 7.88. The van der Waals surface area contributed by atoms with Gasteiger partial charge in [0.15, 0.2) is 0 Å². The summed E-state index contributed by atoms with van der Waals surface area (Å²) in [7, 11) is 0. The molecule has 0 bridgehead atoms. The number of piperidine rings is 1. The Labute approximate surface area is 134 Å². The average Bonchev–Trinajstić information content (AvgIpc) is 2.99. The summed E-state index contributed by atoms with van der Waals surface area (Å²) in [5.74, 6) is 0.622. The van der Waals surface area contributed by atoms with Gasteiger partial charge in [0, 0.05) is 30.2 Å². The molecule has 0 radical (unpaired) electrons. The summed E-state index contributed by atoms with van der Waals surface area (Å²) in [6.07, 6.45) is 5.28. The highest BCUT2D eigenvalue weighted by atomic mass is 35.5. The number of hydrogen-bond donors (Lipinski definition) is 0. The quantitative estimate of drug-likeness (QED) is 0.874. The lowest BCUT2D eigenvalue weighted by Crippen LogP contribution is -2.39. The van der Waals surface area contributed by atoms with Gasteiger partial charge >= 0.3 is 0 Å². The van der Waals surface area contributed by atoms with Crippen molar-refractivity contribution in [1.29, 1.82) is 0 Å². The third kappa shape index (κ3) is 3.47. The predicted octanol–water partition coefficient (Wildman–Crippen LogP) is 2.79. The van der Waals surface area contributed by atoms with Crippen LogP contribution in [-0.2, 0) is 6.54 Å². The maximum atomic E-state index is 12.6. The van der Waals surface area contributed by atoms with Gasteiger partial charge in [0.05, 0.1) is 0 Å². The Balaban J connectivity index is 1.59. The van der Waals surface area contributed by atoms with E-state index in [9.17, 15) is 4.79 Å². The van der Waals surface area contributed by atoms with E-state index in [0.717, 1.165) is 38.0 Å². The van der Waals surface area contributed by atoms with E-state index in [4.69, 9.17) is 11.6 Å². The van der Waals surface area contributed by atoms with Crippen molar-refractivity contribution in [2.24, 2.45) is 5.92 Å². The van der Waals surface area contributed by atoms with Crippen LogP contribution in [0.25, 0.3) is 0 Å². The molecule has 22 heavy (non-hydrogen) atoms. The van der Waals surface area contributed by atoms with E-state index in [1.54, 1.807) is 18.7 Å². The molecular weight excluding hydrogens is 300 g/mol. The molecule has 0 spiro atoms. The van der Waals surface area contributed by atoms with Gasteiger partial charge < -0.3 is 4.90 Å². The Bertz CT molecular complexity index is 628. The summed E-state index contributed by atoms with van der Waals surface area (Å²) in [6.45, 7) is 4.39. The zero-order chi connectivity index (χ0) is 15.5. The molecule has 0 N–H and O–H groups in total. The van der Waals surface area contributed by atoms with E-state index in [1.165, 1.54) is 0 Å². The number of carbonyl (C=O) groups is 1. The van der Waals surface area contributed by atoms with Crippen molar-refractivity contribution < 1.29 is 4.79 Å². The summed E-state index contributed by atoms with van der Waals surface area (Å²) < 4.78 is 1.86. The van der Waals surface area contributed by atoms with Crippen molar-refractivity contribution in [2.45, 2.75) is 26.3 Å². The van der Waals surface area contributed by atoms with Crippen molar-refractivity contribution in [2.75, 3.05) is 13.1 Å². The minimum Gasteiger partial charge on any atom is -0.339 e. The monoisotopic (exact) mass is 318 g/mol. The molecule has 2 heterocycles. The third-order valence-corrected chi connectivity index (χ3v) is 4.32. The van der Waals surface area contributed by atoms with E-state index in [2.05, 4.69) is 10.1 Å². The first kappa shape index (κ1) is 15.0. The molecule has 1 aromatic carbocycles. The van der Waals surface area contributed by atoms with Crippen LogP contribution in [0.1, 0.15) is 28.8 Å². The molecule has 0 saturated carbocycles. The second-order valence-electron chi connectivity index (χ2n) is 5.87. The minimum absolute atomic E-state index is 0.0739. The van der Waals surface area contributed by atoms with Gasteiger partial charge in [-0.25, -0.2) is 4.98 Å². The molecule has 0 unspecified atom stereocenters. The highest BCUT2D eigenvalue weighted by Gasteiger charge is 2.24. The van der Waals surface area contributed by atoms with Crippen LogP contribution in [0.15, 0.2) is 30.9 Å². The van der Waals surface area contributed by atoms with Gasteiger partial charge in [0.25, 0.3) is 5.91 Å². The molecule has 0 atom stereocenters. The van der Waals surface area contributed by atoms with E-state index < -0.39 is 0 Å². The van der Waals surface area contributed by atoms with Crippen molar-refractivity contribution >= 4 is 17.5 Å². The van der Waals surface area contributed by atoms with Crippen LogP contribution in [-0.4, -0.2) is 38.7 Å². The predicted molar refractivity (Wildman–Crippen MR) is 84.8 cm³/mol. The maximum absolute atomic E-state index is 12.6. The van der Waals surface area contributed by atoms with E-state index >= 15 is 0 Å². The minimum atomic E-state index is 0.0739. The summed E-state index contributed by atoms with van der Waals surface area (Å²) in [5.41, 5.74) is 1.69. The maximum Gasteiger partial charge on any atom is 0.253 e. The fourth-order valence-corrected chi connectivity index (χ4v) is 3.24. The standard InChI is InChI=1S/C16H19ClN4O/c1-12-6-14(8-15(17)7-12)16(22)20-4-2-13(3-5-20)9-21-11-18-10-19-21/h6-8,10-11,13H,2-5,9H2,1H3. The molecule has 3 rings (SSSR count). The zero-order valence-electron chi connectivity index (χ0n) is 12.6. The fraction of sp³-hybridized carbons (Fsp3) is 0.438. The number of aryl methyl sites for hydroxylation is 1. The first-order valence-electron chi connectivity index (χ1n) is 7.50. The van der Waals surface area contributed by atoms with Crippen molar-refractivity contribution in [3.63, 3.8) is 0 Å². The van der Waals surface area contributed by atoms with Gasteiger partial charge in [-0.1, -0.05) is 11.6 Å². The molecule has 0 aliphatic carbocycles. The van der Waals surface area contributed by atoms with Crippen LogP contribution in [0.2, 0.25) is 5.02 Å². The average molecular weight is 319 g/mol. The lowest BCUT2D eigenvalue weighted by Gasteiger charge is -2.32. The van der Waals surface area contributed by atoms with Gasteiger partial charge in [-0.15, -0.1) is 0 Å². The van der Waals surface area contributed by atoms with E-state index in [-0.39, 0.29) is 5.91 Å². The Morgan fingerprint density at radius 2 is 2.09 bits per heavy atom. The molecule has 2 aromatic rings. The molecule has 1 saturated heterocycles. The summed E-state index contributed by atoms with van der Waals surface area (Å²) in [5, 5.41) is 4.76. The highest BCUT2D eigenvalue weighted by Crippen LogP contribution is 2.22. The number of aromatic nitrogens is 3. The normalized spacial score (nSPS) is 16.0. The van der Waals surface area contributed by atoms with Gasteiger partial charge in [0.2, 0.25) is 0 Å². The van der Waals surface area contributed by atoms with E-state index in [0.29, 0.717) is 16.5 Å². The molecule has 6 heteroatoms. The summed E-state index contributed by atoms with van der Waals surface area (Å²) >= 11 is 6.05. The fourth-order valence-electron chi connectivity index (χ4n) is 2.95. The van der Waals surface area contributed by atoms with Crippen LogP contribution in [0.4, 0.5) is 0 Å². The van der Waals surface area contributed by atoms with Crippen LogP contribution in [0.3, 0.4) is 0 Å².